The van der Waals surface area contributed by atoms with Gasteiger partial charge >= 0.3 is 6.09 Å². The highest BCUT2D eigenvalue weighted by atomic mass is 32.1. The van der Waals surface area contributed by atoms with Crippen molar-refractivity contribution in [3.63, 3.8) is 0 Å². The summed E-state index contributed by atoms with van der Waals surface area (Å²) < 4.78 is 36.2. The van der Waals surface area contributed by atoms with Crippen molar-refractivity contribution >= 4 is 86.1 Å². The molecular weight excluding hydrogens is 1310 g/mol. The van der Waals surface area contributed by atoms with Gasteiger partial charge in [0.05, 0.1) is 11.4 Å². The number of aromatic nitrogens is 10. The van der Waals surface area contributed by atoms with Gasteiger partial charge in [0.2, 0.25) is 11.9 Å². The Balaban J connectivity index is 0.000000178. The zero-order chi connectivity index (χ0) is 70.1. The van der Waals surface area contributed by atoms with Gasteiger partial charge in [0.25, 0.3) is 6.47 Å². The lowest BCUT2D eigenvalue weighted by molar-refractivity contribution is -0.123. The van der Waals surface area contributed by atoms with E-state index in [1.54, 1.807) is 41.6 Å². The number of imidazole rings is 2. The van der Waals surface area contributed by atoms with E-state index in [-0.39, 0.29) is 43.5 Å². The molecule has 1 amide bonds. The van der Waals surface area contributed by atoms with Crippen LogP contribution in [0.25, 0.3) is 56.1 Å². The van der Waals surface area contributed by atoms with Crippen molar-refractivity contribution in [1.82, 2.24) is 58.9 Å². The highest BCUT2D eigenvalue weighted by Gasteiger charge is 2.32. The van der Waals surface area contributed by atoms with Crippen LogP contribution in [0, 0.1) is 46.1 Å². The Hall–Kier alpha value is -10.4. The van der Waals surface area contributed by atoms with E-state index < -0.39 is 5.60 Å². The van der Waals surface area contributed by atoms with Gasteiger partial charge in [-0.3, -0.25) is 18.4 Å². The zero-order valence-corrected chi connectivity index (χ0v) is 57.8. The zero-order valence-electron chi connectivity index (χ0n) is 56.1. The number of nitriles is 2. The number of anilines is 6. The molecule has 0 saturated carbocycles. The van der Waals surface area contributed by atoms with E-state index in [9.17, 15) is 28.9 Å². The Morgan fingerprint density at radius 2 is 1.08 bits per heavy atom. The maximum Gasteiger partial charge on any atom is 0.410 e. The number of Topliss-reactive ketones (excluding diaryl/α,β-unsaturated/α-hetero) is 1. The number of nitrogens with one attached hydrogen (secondary N) is 1. The van der Waals surface area contributed by atoms with Crippen molar-refractivity contribution in [3.05, 3.63) is 143 Å². The lowest BCUT2D eigenvalue weighted by atomic mass is 9.85. The molecule has 520 valence electrons. The number of halogens is 2. The molecule has 4 N–H and O–H groups in total. The number of carboxylic acid groups (broad SMARTS) is 1. The van der Waals surface area contributed by atoms with Gasteiger partial charge in [-0.2, -0.15) is 10.5 Å². The molecular formula is C72H81F2N19O5S2. The van der Waals surface area contributed by atoms with E-state index in [2.05, 4.69) is 55.9 Å². The number of likely N-dealkylation sites (tertiary alicyclic amines) is 1. The van der Waals surface area contributed by atoms with Crippen LogP contribution in [0.5, 0.6) is 0 Å². The Labute approximate surface area is 587 Å². The van der Waals surface area contributed by atoms with Crippen LogP contribution in [0.2, 0.25) is 0 Å². The number of carbonyl (C=O) groups excluding carboxylic acids is 2. The van der Waals surface area contributed by atoms with Crippen LogP contribution in [0.3, 0.4) is 0 Å². The van der Waals surface area contributed by atoms with E-state index in [1.807, 2.05) is 97.7 Å². The topological polar surface area (TPSA) is 294 Å². The third-order valence-corrected chi connectivity index (χ3v) is 19.5. The number of hydrogen-bond donors (Lipinski definition) is 3. The standard InChI is InChI=1S/C33H34FN9S.C29H25FN8OS.C8H16N2O2.CH2O2.CH4/c1-3-27-31(41(2)33-40-30(28(15-35)44-33)23-4-7-26(34)8-5-23)43-20-24(6-9-29(43)39-27)25-18-37-32(38-19-25)42-12-10-21(11-13-42)14-22-16-36-17-22;1-3-23-27(36(2)29-35-26(24(14-31)40-29)18-4-7-21(30)8-5-18)38-17-19(6-9-25(38)34-23)20-15-32-28(33-16-20)37-12-10-22(39)11-13-37;1-8(2,3)12-7(11)10-4-6(9)5-10;2-1-3;/h4-9,18-22,36H,3,10-14,16-17H2,1-2H3;4-9,15-17H,3,10-13H2,1-2H3;6H,4-5,9H2,1-3H3;1H,(H,2,3);1H4. The molecule has 10 aromatic rings. The molecule has 8 aromatic heterocycles. The molecule has 28 heteroatoms. The number of nitrogens with two attached hydrogens (primary N) is 1. The largest absolute Gasteiger partial charge is 0.483 e. The molecule has 24 nitrogen and oxygen atoms in total. The number of pyridine rings is 2. The molecule has 4 aliphatic rings. The number of aryl methyl sites for hydroxylation is 2. The molecule has 4 aliphatic heterocycles. The molecule has 4 saturated heterocycles. The third-order valence-electron chi connectivity index (χ3n) is 17.4. The Bertz CT molecular complexity index is 4550. The molecule has 0 atom stereocenters. The van der Waals surface area contributed by atoms with Crippen LogP contribution in [0.15, 0.2) is 110 Å². The maximum atomic E-state index is 13.5. The minimum atomic E-state index is -0.406. The summed E-state index contributed by atoms with van der Waals surface area (Å²) in [5.41, 5.74) is 14.7. The summed E-state index contributed by atoms with van der Waals surface area (Å²) >= 11 is 2.59. The number of rotatable bonds is 14. The third kappa shape index (κ3) is 16.7. The Morgan fingerprint density at radius 1 is 0.670 bits per heavy atom. The van der Waals surface area contributed by atoms with Crippen LogP contribution < -0.4 is 30.7 Å². The highest BCUT2D eigenvalue weighted by Crippen LogP contribution is 2.40. The molecule has 2 aromatic carbocycles. The number of hydrogen-bond acceptors (Lipinski definition) is 22. The van der Waals surface area contributed by atoms with Crippen LogP contribution in [0.1, 0.15) is 95.3 Å². The molecule has 0 spiro atoms. The van der Waals surface area contributed by atoms with Gasteiger partial charge in [0.1, 0.15) is 79.2 Å². The van der Waals surface area contributed by atoms with E-state index in [1.165, 1.54) is 79.3 Å². The van der Waals surface area contributed by atoms with Gasteiger partial charge in [0, 0.05) is 143 Å². The number of carbonyl (C=O) groups is 3. The predicted octanol–water partition coefficient (Wildman–Crippen LogP) is 12.4. The molecule has 0 radical (unpaired) electrons. The number of nitrogens with zero attached hydrogens (tertiary/aromatic N) is 17. The van der Waals surface area contributed by atoms with Gasteiger partial charge in [-0.15, -0.1) is 0 Å². The van der Waals surface area contributed by atoms with Crippen molar-refractivity contribution < 1.29 is 33.0 Å². The number of ether oxygens (including phenoxy) is 1. The Morgan fingerprint density at radius 3 is 1.45 bits per heavy atom. The minimum absolute atomic E-state index is 0. The lowest BCUT2D eigenvalue weighted by Crippen LogP contribution is -2.58. The van der Waals surface area contributed by atoms with E-state index in [0.717, 1.165) is 93.9 Å². The first-order chi connectivity index (χ1) is 47.7. The molecule has 4 fully saturated rings. The number of amides is 1. The summed E-state index contributed by atoms with van der Waals surface area (Å²) in [5.74, 6) is 4.43. The van der Waals surface area contributed by atoms with Gasteiger partial charge in [-0.25, -0.2) is 53.4 Å². The van der Waals surface area contributed by atoms with Crippen LogP contribution in [-0.2, 0) is 27.2 Å². The summed E-state index contributed by atoms with van der Waals surface area (Å²) in [6.07, 6.45) is 17.5. The first kappa shape index (κ1) is 72.4. The van der Waals surface area contributed by atoms with Crippen molar-refractivity contribution in [3.8, 4) is 56.9 Å². The molecule has 0 bridgehead atoms. The first-order valence-corrected chi connectivity index (χ1v) is 34.4. The summed E-state index contributed by atoms with van der Waals surface area (Å²) in [4.78, 5) is 79.9. The van der Waals surface area contributed by atoms with Gasteiger partial charge < -0.3 is 45.4 Å². The summed E-state index contributed by atoms with van der Waals surface area (Å²) in [5, 5.41) is 31.2. The molecule has 12 heterocycles. The second kappa shape index (κ2) is 32.1. The second-order valence-electron chi connectivity index (χ2n) is 25.5. The molecule has 0 unspecified atom stereocenters. The average molecular weight is 1390 g/mol. The van der Waals surface area contributed by atoms with Crippen LogP contribution >= 0.6 is 22.7 Å². The highest BCUT2D eigenvalue weighted by molar-refractivity contribution is 7.17. The van der Waals surface area contributed by atoms with Gasteiger partial charge in [-0.05, 0) is 151 Å². The molecule has 14 rings (SSSR count). The number of thiazole rings is 2. The number of ketones is 1. The summed E-state index contributed by atoms with van der Waals surface area (Å²) in [7, 11) is 3.85. The monoisotopic (exact) mass is 1390 g/mol. The van der Waals surface area contributed by atoms with Crippen molar-refractivity contribution in [2.45, 2.75) is 98.6 Å². The fourth-order valence-electron chi connectivity index (χ4n) is 12.1. The van der Waals surface area contributed by atoms with E-state index in [0.29, 0.717) is 93.9 Å². The quantitative estimate of drug-likeness (QED) is 0.0852. The SMILES string of the molecule is C.CC(C)(C)OC(=O)N1CC(N)C1.CCc1nc2ccc(-c3cnc(N4CCC(=O)CC4)nc3)cn2c1N(C)c1nc(-c2ccc(F)cc2)c(C#N)s1.CCc1nc2ccc(-c3cnc(N4CCC(CC5CNC5)CC4)nc3)cn2c1N(C)c1nc(-c2ccc(F)cc2)c(C#N)s1.O=CO. The van der Waals surface area contributed by atoms with Gasteiger partial charge in [-0.1, -0.05) is 43.9 Å². The second-order valence-corrected chi connectivity index (χ2v) is 27.4. The van der Waals surface area contributed by atoms with Crippen molar-refractivity contribution in [2.75, 3.05) is 86.1 Å². The maximum absolute atomic E-state index is 13.5. The number of piperidine rings is 2. The lowest BCUT2D eigenvalue weighted by Gasteiger charge is -2.37. The fraction of sp³-hybridized carbons (Fsp3) is 0.375. The number of fused-ring (bicyclic) bond motifs is 2. The summed E-state index contributed by atoms with van der Waals surface area (Å²) in [6, 6.07) is 24.7. The van der Waals surface area contributed by atoms with E-state index >= 15 is 0 Å². The minimum Gasteiger partial charge on any atom is -0.483 e. The van der Waals surface area contributed by atoms with Crippen molar-refractivity contribution in [1.29, 1.82) is 10.5 Å². The van der Waals surface area contributed by atoms with Crippen molar-refractivity contribution in [2.24, 2.45) is 17.6 Å². The van der Waals surface area contributed by atoms with Gasteiger partial charge in [0.15, 0.2) is 10.3 Å². The summed E-state index contributed by atoms with van der Waals surface area (Å²) in [6.45, 7) is 16.3. The normalized spacial score (nSPS) is 14.8. The Kier molecular flexibility index (Phi) is 23.2. The molecule has 100 heavy (non-hydrogen) atoms. The smallest absolute Gasteiger partial charge is 0.410 e. The van der Waals surface area contributed by atoms with E-state index in [4.69, 9.17) is 50.3 Å². The fourth-order valence-corrected chi connectivity index (χ4v) is 13.8. The first-order valence-electron chi connectivity index (χ1n) is 32.8. The average Bonchev–Trinajstić information content (AvgIpc) is 1.61. The van der Waals surface area contributed by atoms with Crippen LogP contribution in [0.4, 0.5) is 47.4 Å². The van der Waals surface area contributed by atoms with Crippen LogP contribution in [-0.4, -0.2) is 155 Å². The number of benzene rings is 2. The predicted molar refractivity (Wildman–Crippen MR) is 385 cm³/mol. The molecule has 0 aliphatic carbocycles.